The predicted molar refractivity (Wildman–Crippen MR) is 67.6 cm³/mol. The number of carbonyl (C=O) groups is 1. The van der Waals surface area contributed by atoms with E-state index >= 15 is 0 Å². The summed E-state index contributed by atoms with van der Waals surface area (Å²) in [5, 5.41) is 0.284. The second-order valence-electron chi connectivity index (χ2n) is 3.75. The van der Waals surface area contributed by atoms with E-state index in [4.69, 9.17) is 26.8 Å². The van der Waals surface area contributed by atoms with E-state index < -0.39 is 5.97 Å². The SMILES string of the molecule is CCOC(=O)c1cc(OC(C)C)cc(Cl)c1N. The second kappa shape index (κ2) is 5.77. The molecule has 0 fully saturated rings. The van der Waals surface area contributed by atoms with Gasteiger partial charge in [-0.15, -0.1) is 0 Å². The molecular formula is C12H16ClNO3. The Morgan fingerprint density at radius 1 is 1.47 bits per heavy atom. The molecule has 0 bridgehead atoms. The molecule has 0 aliphatic rings. The number of carbonyl (C=O) groups excluding carboxylic acids is 1. The fourth-order valence-electron chi connectivity index (χ4n) is 1.31. The average molecular weight is 258 g/mol. The van der Waals surface area contributed by atoms with Gasteiger partial charge in [-0.2, -0.15) is 0 Å². The van der Waals surface area contributed by atoms with Gasteiger partial charge in [-0.3, -0.25) is 0 Å². The lowest BCUT2D eigenvalue weighted by Crippen LogP contribution is -2.11. The Bertz CT molecular complexity index is 418. The summed E-state index contributed by atoms with van der Waals surface area (Å²) in [4.78, 5) is 11.6. The predicted octanol–water partition coefficient (Wildman–Crippen LogP) is 2.89. The van der Waals surface area contributed by atoms with Gasteiger partial charge in [0.25, 0.3) is 0 Å². The van der Waals surface area contributed by atoms with Crippen LogP contribution in [0, 0.1) is 0 Å². The van der Waals surface area contributed by atoms with Crippen LogP contribution in [0.15, 0.2) is 12.1 Å². The van der Waals surface area contributed by atoms with Crippen LogP contribution < -0.4 is 10.5 Å². The van der Waals surface area contributed by atoms with Crippen molar-refractivity contribution >= 4 is 23.3 Å². The molecule has 0 unspecified atom stereocenters. The van der Waals surface area contributed by atoms with Crippen LogP contribution in [-0.2, 0) is 4.74 Å². The number of anilines is 1. The maximum atomic E-state index is 11.6. The lowest BCUT2D eigenvalue weighted by Gasteiger charge is -2.13. The van der Waals surface area contributed by atoms with Gasteiger partial charge in [-0.05, 0) is 26.8 Å². The molecule has 0 radical (unpaired) electrons. The molecule has 0 atom stereocenters. The molecule has 94 valence electrons. The normalized spacial score (nSPS) is 10.4. The number of rotatable bonds is 4. The number of benzene rings is 1. The molecule has 0 spiro atoms. The molecule has 4 nitrogen and oxygen atoms in total. The first-order valence-electron chi connectivity index (χ1n) is 5.38. The molecule has 17 heavy (non-hydrogen) atoms. The molecule has 0 saturated heterocycles. The largest absolute Gasteiger partial charge is 0.491 e. The van der Waals surface area contributed by atoms with E-state index in [-0.39, 0.29) is 29.0 Å². The number of ether oxygens (including phenoxy) is 2. The Morgan fingerprint density at radius 3 is 2.65 bits per heavy atom. The van der Waals surface area contributed by atoms with Gasteiger partial charge in [-0.1, -0.05) is 11.6 Å². The van der Waals surface area contributed by atoms with E-state index in [2.05, 4.69) is 0 Å². The lowest BCUT2D eigenvalue weighted by atomic mass is 10.1. The third-order valence-corrected chi connectivity index (χ3v) is 2.28. The Balaban J connectivity index is 3.10. The quantitative estimate of drug-likeness (QED) is 0.666. The Labute approximate surface area is 106 Å². The number of esters is 1. The van der Waals surface area contributed by atoms with Crippen LogP contribution >= 0.6 is 11.6 Å². The van der Waals surface area contributed by atoms with Crippen molar-refractivity contribution in [2.75, 3.05) is 12.3 Å². The van der Waals surface area contributed by atoms with Crippen LogP contribution in [0.4, 0.5) is 5.69 Å². The minimum atomic E-state index is -0.499. The fourth-order valence-corrected chi connectivity index (χ4v) is 1.52. The highest BCUT2D eigenvalue weighted by molar-refractivity contribution is 6.34. The summed E-state index contributed by atoms with van der Waals surface area (Å²) in [7, 11) is 0. The molecule has 0 heterocycles. The van der Waals surface area contributed by atoms with Gasteiger partial charge in [0, 0.05) is 6.07 Å². The molecule has 0 aromatic heterocycles. The summed E-state index contributed by atoms with van der Waals surface area (Å²) in [5.41, 5.74) is 6.17. The van der Waals surface area contributed by atoms with E-state index in [1.54, 1.807) is 19.1 Å². The van der Waals surface area contributed by atoms with Crippen molar-refractivity contribution in [2.45, 2.75) is 26.9 Å². The van der Waals surface area contributed by atoms with Crippen molar-refractivity contribution in [3.63, 3.8) is 0 Å². The molecule has 1 rings (SSSR count). The molecule has 0 amide bonds. The van der Waals surface area contributed by atoms with Gasteiger partial charge >= 0.3 is 5.97 Å². The number of nitrogen functional groups attached to an aromatic ring is 1. The topological polar surface area (TPSA) is 61.5 Å². The van der Waals surface area contributed by atoms with Crippen molar-refractivity contribution < 1.29 is 14.3 Å². The summed E-state index contributed by atoms with van der Waals surface area (Å²) < 4.78 is 10.4. The van der Waals surface area contributed by atoms with Crippen LogP contribution in [-0.4, -0.2) is 18.7 Å². The number of halogens is 1. The highest BCUT2D eigenvalue weighted by Crippen LogP contribution is 2.30. The maximum Gasteiger partial charge on any atom is 0.340 e. The van der Waals surface area contributed by atoms with E-state index in [0.29, 0.717) is 5.75 Å². The van der Waals surface area contributed by atoms with Crippen LogP contribution in [0.25, 0.3) is 0 Å². The van der Waals surface area contributed by atoms with Crippen molar-refractivity contribution in [2.24, 2.45) is 0 Å². The molecule has 1 aromatic rings. The van der Waals surface area contributed by atoms with E-state index in [1.165, 1.54) is 0 Å². The molecule has 0 aliphatic carbocycles. The van der Waals surface area contributed by atoms with Gasteiger partial charge in [0.1, 0.15) is 5.75 Å². The van der Waals surface area contributed by atoms with E-state index in [0.717, 1.165) is 0 Å². The minimum Gasteiger partial charge on any atom is -0.491 e. The Hall–Kier alpha value is -1.42. The lowest BCUT2D eigenvalue weighted by molar-refractivity contribution is 0.0527. The summed E-state index contributed by atoms with van der Waals surface area (Å²) in [6, 6.07) is 3.12. The minimum absolute atomic E-state index is 0.00950. The highest BCUT2D eigenvalue weighted by Gasteiger charge is 2.16. The van der Waals surface area contributed by atoms with E-state index in [1.807, 2.05) is 13.8 Å². The van der Waals surface area contributed by atoms with Crippen molar-refractivity contribution in [3.8, 4) is 5.75 Å². The summed E-state index contributed by atoms with van der Waals surface area (Å²) in [5.74, 6) is 0.00311. The third-order valence-electron chi connectivity index (χ3n) is 1.97. The van der Waals surface area contributed by atoms with Crippen molar-refractivity contribution in [3.05, 3.63) is 22.7 Å². The number of hydrogen-bond donors (Lipinski definition) is 1. The standard InChI is InChI=1S/C12H16ClNO3/c1-4-16-12(15)9-5-8(17-7(2)3)6-10(13)11(9)14/h5-7H,4,14H2,1-3H3. The highest BCUT2D eigenvalue weighted by atomic mass is 35.5. The molecule has 5 heteroatoms. The van der Waals surface area contributed by atoms with Crippen LogP contribution in [0.3, 0.4) is 0 Å². The smallest absolute Gasteiger partial charge is 0.340 e. The molecular weight excluding hydrogens is 242 g/mol. The first-order valence-corrected chi connectivity index (χ1v) is 5.76. The van der Waals surface area contributed by atoms with Crippen molar-refractivity contribution in [1.29, 1.82) is 0 Å². The molecule has 0 saturated carbocycles. The zero-order chi connectivity index (χ0) is 13.0. The Kier molecular flexibility index (Phi) is 4.63. The third kappa shape index (κ3) is 3.53. The van der Waals surface area contributed by atoms with Gasteiger partial charge in [0.2, 0.25) is 0 Å². The van der Waals surface area contributed by atoms with Gasteiger partial charge in [0.05, 0.1) is 29.0 Å². The monoisotopic (exact) mass is 257 g/mol. The average Bonchev–Trinajstić information content (AvgIpc) is 2.22. The van der Waals surface area contributed by atoms with Gasteiger partial charge < -0.3 is 15.2 Å². The first-order chi connectivity index (χ1) is 7.95. The van der Waals surface area contributed by atoms with Crippen LogP contribution in [0.1, 0.15) is 31.1 Å². The molecule has 0 aliphatic heterocycles. The fraction of sp³-hybridized carbons (Fsp3) is 0.417. The van der Waals surface area contributed by atoms with Crippen LogP contribution in [0.2, 0.25) is 5.02 Å². The van der Waals surface area contributed by atoms with Crippen LogP contribution in [0.5, 0.6) is 5.75 Å². The van der Waals surface area contributed by atoms with E-state index in [9.17, 15) is 4.79 Å². The second-order valence-corrected chi connectivity index (χ2v) is 4.16. The zero-order valence-electron chi connectivity index (χ0n) is 10.1. The number of nitrogens with two attached hydrogens (primary N) is 1. The molecule has 1 aromatic carbocycles. The van der Waals surface area contributed by atoms with Crippen molar-refractivity contribution in [1.82, 2.24) is 0 Å². The van der Waals surface area contributed by atoms with Gasteiger partial charge in [0.15, 0.2) is 0 Å². The maximum absolute atomic E-state index is 11.6. The molecule has 2 N–H and O–H groups in total. The summed E-state index contributed by atoms with van der Waals surface area (Å²) >= 11 is 5.93. The Morgan fingerprint density at radius 2 is 2.12 bits per heavy atom. The number of hydrogen-bond acceptors (Lipinski definition) is 4. The summed E-state index contributed by atoms with van der Waals surface area (Å²) in [6.07, 6.45) is -0.00950. The summed E-state index contributed by atoms with van der Waals surface area (Å²) in [6.45, 7) is 5.78. The first kappa shape index (κ1) is 13.6. The zero-order valence-corrected chi connectivity index (χ0v) is 10.9. The van der Waals surface area contributed by atoms with Gasteiger partial charge in [-0.25, -0.2) is 4.79 Å².